The van der Waals surface area contributed by atoms with Crippen molar-refractivity contribution in [1.82, 2.24) is 4.31 Å². The summed E-state index contributed by atoms with van der Waals surface area (Å²) < 4.78 is 33.0. The average molecular weight is 398 g/mol. The Morgan fingerprint density at radius 1 is 0.929 bits per heavy atom. The van der Waals surface area contributed by atoms with Crippen LogP contribution in [0.15, 0.2) is 71.6 Å². The molecule has 3 aromatic rings. The highest BCUT2D eigenvalue weighted by atomic mass is 32.2. The van der Waals surface area contributed by atoms with Crippen molar-refractivity contribution < 1.29 is 18.1 Å². The first kappa shape index (κ1) is 18.9. The van der Waals surface area contributed by atoms with Gasteiger partial charge in [-0.25, -0.2) is 8.42 Å². The van der Waals surface area contributed by atoms with Gasteiger partial charge in [0.2, 0.25) is 10.0 Å². The summed E-state index contributed by atoms with van der Waals surface area (Å²) in [4.78, 5) is 1.78. The van der Waals surface area contributed by atoms with E-state index in [0.29, 0.717) is 18.0 Å². The van der Waals surface area contributed by atoms with Crippen LogP contribution in [0.2, 0.25) is 0 Å². The first-order valence-electron chi connectivity index (χ1n) is 9.52. The summed E-state index contributed by atoms with van der Waals surface area (Å²) in [6, 6.07) is 21.3. The highest BCUT2D eigenvalue weighted by Crippen LogP contribution is 2.22. The number of fused-ring (bicyclic) bond motifs is 1. The molecule has 0 radical (unpaired) electrons. The standard InChI is InChI=1S/C22H24N2O3S/c1-27-21-9-6-18(7-10-21)17-23-12-14-24(15-13-23)28(25,26)22-11-8-19-4-2-3-5-20(19)16-22/h2-11,16H,12-15,17H2,1H3/p+1. The predicted molar refractivity (Wildman–Crippen MR) is 110 cm³/mol. The summed E-state index contributed by atoms with van der Waals surface area (Å²) >= 11 is 0. The molecule has 0 amide bonds. The fourth-order valence-electron chi connectivity index (χ4n) is 3.73. The van der Waals surface area contributed by atoms with Crippen LogP contribution in [-0.2, 0) is 16.6 Å². The van der Waals surface area contributed by atoms with Crippen molar-refractivity contribution in [2.45, 2.75) is 11.4 Å². The van der Waals surface area contributed by atoms with Gasteiger partial charge < -0.3 is 9.64 Å². The molecule has 0 saturated carbocycles. The monoisotopic (exact) mass is 397 g/mol. The van der Waals surface area contributed by atoms with E-state index in [1.54, 1.807) is 23.5 Å². The molecular weight excluding hydrogens is 372 g/mol. The number of benzene rings is 3. The molecule has 1 aliphatic heterocycles. The van der Waals surface area contributed by atoms with Crippen molar-refractivity contribution in [2.24, 2.45) is 0 Å². The molecular formula is C22H25N2O3S+. The van der Waals surface area contributed by atoms with Crippen molar-refractivity contribution in [1.29, 1.82) is 0 Å². The van der Waals surface area contributed by atoms with Crippen molar-refractivity contribution in [3.63, 3.8) is 0 Å². The minimum absolute atomic E-state index is 0.379. The lowest BCUT2D eigenvalue weighted by Crippen LogP contribution is -3.13. The van der Waals surface area contributed by atoms with Crippen LogP contribution >= 0.6 is 0 Å². The fraction of sp³-hybridized carbons (Fsp3) is 0.273. The third-order valence-corrected chi connectivity index (χ3v) is 7.30. The number of nitrogens with one attached hydrogen (secondary N) is 1. The smallest absolute Gasteiger partial charge is 0.243 e. The van der Waals surface area contributed by atoms with Gasteiger partial charge in [-0.1, -0.05) is 30.3 Å². The summed E-state index contributed by atoms with van der Waals surface area (Å²) in [5.41, 5.74) is 1.24. The number of methoxy groups -OCH3 is 1. The maximum Gasteiger partial charge on any atom is 0.243 e. The number of hydrogen-bond acceptors (Lipinski definition) is 3. The van der Waals surface area contributed by atoms with Crippen molar-refractivity contribution >= 4 is 20.8 Å². The maximum absolute atomic E-state index is 13.1. The highest BCUT2D eigenvalue weighted by Gasteiger charge is 2.30. The lowest BCUT2D eigenvalue weighted by molar-refractivity contribution is -0.917. The van der Waals surface area contributed by atoms with Crippen LogP contribution in [-0.4, -0.2) is 46.0 Å². The van der Waals surface area contributed by atoms with Gasteiger partial charge in [0.05, 0.1) is 38.2 Å². The summed E-state index contributed by atoms with van der Waals surface area (Å²) in [6.07, 6.45) is 0. The molecule has 0 unspecified atom stereocenters. The fourth-order valence-corrected chi connectivity index (χ4v) is 5.21. The number of ether oxygens (including phenoxy) is 1. The normalized spacial score (nSPS) is 16.3. The summed E-state index contributed by atoms with van der Waals surface area (Å²) in [5, 5.41) is 2.00. The largest absolute Gasteiger partial charge is 0.497 e. The Labute approximate surface area is 166 Å². The Kier molecular flexibility index (Phi) is 5.35. The summed E-state index contributed by atoms with van der Waals surface area (Å²) in [5.74, 6) is 0.852. The Bertz CT molecular complexity index is 1060. The number of quaternary nitrogens is 1. The maximum atomic E-state index is 13.1. The molecule has 0 aliphatic carbocycles. The van der Waals surface area contributed by atoms with E-state index in [1.165, 1.54) is 10.5 Å². The van der Waals surface area contributed by atoms with Crippen LogP contribution in [0.3, 0.4) is 0 Å². The molecule has 1 fully saturated rings. The average Bonchev–Trinajstić information content (AvgIpc) is 2.74. The third kappa shape index (κ3) is 3.90. The van der Waals surface area contributed by atoms with E-state index in [9.17, 15) is 8.42 Å². The van der Waals surface area contributed by atoms with Crippen LogP contribution in [0.4, 0.5) is 0 Å². The lowest BCUT2D eigenvalue weighted by Gasteiger charge is -2.31. The van der Waals surface area contributed by atoms with Crippen LogP contribution < -0.4 is 9.64 Å². The van der Waals surface area contributed by atoms with E-state index >= 15 is 0 Å². The Balaban J connectivity index is 1.42. The van der Waals surface area contributed by atoms with Gasteiger partial charge in [-0.15, -0.1) is 0 Å². The SMILES string of the molecule is COc1ccc(C[NH+]2CCN(S(=O)(=O)c3ccc4ccccc4c3)CC2)cc1. The second kappa shape index (κ2) is 7.91. The third-order valence-electron chi connectivity index (χ3n) is 5.40. The first-order valence-corrected chi connectivity index (χ1v) is 11.0. The molecule has 1 heterocycles. The van der Waals surface area contributed by atoms with Crippen molar-refractivity contribution in [2.75, 3.05) is 33.3 Å². The van der Waals surface area contributed by atoms with Gasteiger partial charge in [-0.05, 0) is 47.2 Å². The zero-order chi connectivity index (χ0) is 19.6. The van der Waals surface area contributed by atoms with Crippen LogP contribution in [0.25, 0.3) is 10.8 Å². The molecule has 28 heavy (non-hydrogen) atoms. The Hall–Kier alpha value is -2.41. The van der Waals surface area contributed by atoms with Gasteiger partial charge in [0, 0.05) is 5.56 Å². The van der Waals surface area contributed by atoms with Gasteiger partial charge in [0.15, 0.2) is 0 Å². The number of rotatable bonds is 5. The summed E-state index contributed by atoms with van der Waals surface area (Å²) in [7, 11) is -1.79. The molecule has 1 N–H and O–H groups in total. The number of sulfonamides is 1. The Morgan fingerprint density at radius 2 is 1.61 bits per heavy atom. The van der Waals surface area contributed by atoms with Gasteiger partial charge in [-0.3, -0.25) is 0 Å². The molecule has 1 saturated heterocycles. The zero-order valence-corrected chi connectivity index (χ0v) is 16.8. The van der Waals surface area contributed by atoms with E-state index in [2.05, 4.69) is 12.1 Å². The number of nitrogens with zero attached hydrogens (tertiary/aromatic N) is 1. The lowest BCUT2D eigenvalue weighted by atomic mass is 10.1. The van der Waals surface area contributed by atoms with Crippen molar-refractivity contribution in [3.05, 3.63) is 72.3 Å². The van der Waals surface area contributed by atoms with E-state index in [1.807, 2.05) is 42.5 Å². The molecule has 0 aromatic heterocycles. The van der Waals surface area contributed by atoms with Crippen LogP contribution in [0.5, 0.6) is 5.75 Å². The number of piperazine rings is 1. The second-order valence-corrected chi connectivity index (χ2v) is 9.13. The van der Waals surface area contributed by atoms with E-state index in [0.717, 1.165) is 36.2 Å². The molecule has 4 rings (SSSR count). The zero-order valence-electron chi connectivity index (χ0n) is 16.0. The molecule has 0 atom stereocenters. The van der Waals surface area contributed by atoms with Gasteiger partial charge in [0.25, 0.3) is 0 Å². The van der Waals surface area contributed by atoms with Gasteiger partial charge in [-0.2, -0.15) is 4.31 Å². The molecule has 3 aromatic carbocycles. The highest BCUT2D eigenvalue weighted by molar-refractivity contribution is 7.89. The molecule has 6 heteroatoms. The van der Waals surface area contributed by atoms with Crippen molar-refractivity contribution in [3.8, 4) is 5.75 Å². The topological polar surface area (TPSA) is 51.1 Å². The van der Waals surface area contributed by atoms with E-state index in [-0.39, 0.29) is 0 Å². The van der Waals surface area contributed by atoms with Crippen LogP contribution in [0.1, 0.15) is 5.56 Å². The van der Waals surface area contributed by atoms with Gasteiger partial charge in [0.1, 0.15) is 12.3 Å². The Morgan fingerprint density at radius 3 is 2.29 bits per heavy atom. The molecule has 1 aliphatic rings. The van der Waals surface area contributed by atoms with Crippen LogP contribution in [0, 0.1) is 0 Å². The van der Waals surface area contributed by atoms with E-state index in [4.69, 9.17) is 4.74 Å². The second-order valence-electron chi connectivity index (χ2n) is 7.19. The minimum Gasteiger partial charge on any atom is -0.497 e. The quantitative estimate of drug-likeness (QED) is 0.716. The van der Waals surface area contributed by atoms with Gasteiger partial charge >= 0.3 is 0 Å². The molecule has 146 valence electrons. The molecule has 0 spiro atoms. The first-order chi connectivity index (χ1) is 13.6. The molecule has 5 nitrogen and oxygen atoms in total. The van der Waals surface area contributed by atoms with E-state index < -0.39 is 10.0 Å². The minimum atomic E-state index is -3.46. The molecule has 0 bridgehead atoms. The predicted octanol–water partition coefficient (Wildman–Crippen LogP) is 1.94. The summed E-state index contributed by atoms with van der Waals surface area (Å²) in [6.45, 7) is 3.59. The number of hydrogen-bond donors (Lipinski definition) is 1.